The van der Waals surface area contributed by atoms with E-state index in [1.807, 2.05) is 37.3 Å². The Kier molecular flexibility index (Phi) is 9.22. The number of rotatable bonds is 12. The number of fused-ring (bicyclic) bond motifs is 1. The van der Waals surface area contributed by atoms with Crippen molar-refractivity contribution in [2.45, 2.75) is 40.2 Å². The lowest BCUT2D eigenvalue weighted by Crippen LogP contribution is -2.36. The largest absolute Gasteiger partial charge is 0.462 e. The molecule has 8 heteroatoms. The lowest BCUT2D eigenvalue weighted by molar-refractivity contribution is 0.0337. The Morgan fingerprint density at radius 3 is 2.54 bits per heavy atom. The maximum atomic E-state index is 6.14. The maximum Gasteiger partial charge on any atom is 0.318 e. The van der Waals surface area contributed by atoms with Gasteiger partial charge in [-0.25, -0.2) is 4.98 Å². The van der Waals surface area contributed by atoms with Crippen molar-refractivity contribution in [1.82, 2.24) is 24.8 Å². The summed E-state index contributed by atoms with van der Waals surface area (Å²) in [4.78, 5) is 18.8. The van der Waals surface area contributed by atoms with Crippen LogP contribution in [-0.2, 0) is 11.3 Å². The summed E-state index contributed by atoms with van der Waals surface area (Å²) in [5, 5.41) is 0.883. The first-order chi connectivity index (χ1) is 17.2. The van der Waals surface area contributed by atoms with Gasteiger partial charge in [0.2, 0.25) is 0 Å². The van der Waals surface area contributed by atoms with E-state index in [4.69, 9.17) is 19.2 Å². The topological polar surface area (TPSA) is 72.8 Å². The molecule has 0 spiro atoms. The molecule has 0 saturated carbocycles. The van der Waals surface area contributed by atoms with Gasteiger partial charge >= 0.3 is 6.01 Å². The van der Waals surface area contributed by atoms with Gasteiger partial charge in [0.05, 0.1) is 25.1 Å². The molecular weight excluding hydrogens is 442 g/mol. The van der Waals surface area contributed by atoms with Gasteiger partial charge in [-0.2, -0.15) is 9.97 Å². The van der Waals surface area contributed by atoms with Crippen LogP contribution in [0.25, 0.3) is 11.0 Å². The number of nitrogens with zero attached hydrogens (tertiary/aromatic N) is 5. The van der Waals surface area contributed by atoms with Gasteiger partial charge in [-0.1, -0.05) is 32.0 Å². The number of para-hydroxylation sites is 1. The number of aromatic nitrogens is 3. The summed E-state index contributed by atoms with van der Waals surface area (Å²) in [6, 6.07) is 10.3. The average molecular weight is 480 g/mol. The lowest BCUT2D eigenvalue weighted by Gasteiger charge is -2.26. The normalized spacial score (nSPS) is 14.5. The standard InChI is InChI=1S/C27H37N5O3/c1-4-10-31(11-5-2)14-17-34-27-29-24(20-32-12-15-33-16-13-32)23-18-22(19-28-26(23)30-27)35-25-9-7-6-8-21(25)3/h6-9,18-19H,4-5,10-17,20H2,1-3H3. The minimum absolute atomic E-state index is 0.383. The summed E-state index contributed by atoms with van der Waals surface area (Å²) in [6.45, 7) is 13.9. The highest BCUT2D eigenvalue weighted by Crippen LogP contribution is 2.28. The van der Waals surface area contributed by atoms with Crippen molar-refractivity contribution in [2.24, 2.45) is 0 Å². The molecule has 0 radical (unpaired) electrons. The third-order valence-electron chi connectivity index (χ3n) is 6.10. The van der Waals surface area contributed by atoms with Crippen molar-refractivity contribution >= 4 is 11.0 Å². The van der Waals surface area contributed by atoms with Crippen LogP contribution < -0.4 is 9.47 Å². The zero-order valence-electron chi connectivity index (χ0n) is 21.2. The molecule has 3 heterocycles. The summed E-state index contributed by atoms with van der Waals surface area (Å²) in [7, 11) is 0. The molecule has 0 amide bonds. The van der Waals surface area contributed by atoms with E-state index in [0.29, 0.717) is 30.6 Å². The second-order valence-corrected chi connectivity index (χ2v) is 8.94. The third-order valence-corrected chi connectivity index (χ3v) is 6.10. The van der Waals surface area contributed by atoms with Crippen LogP contribution >= 0.6 is 0 Å². The number of hydrogen-bond acceptors (Lipinski definition) is 8. The fraction of sp³-hybridized carbons (Fsp3) is 0.519. The van der Waals surface area contributed by atoms with E-state index in [-0.39, 0.29) is 0 Å². The molecule has 0 aliphatic carbocycles. The summed E-state index contributed by atoms with van der Waals surface area (Å²) in [5.41, 5.74) is 2.59. The first-order valence-electron chi connectivity index (χ1n) is 12.7. The van der Waals surface area contributed by atoms with E-state index < -0.39 is 0 Å². The highest BCUT2D eigenvalue weighted by Gasteiger charge is 2.17. The van der Waals surface area contributed by atoms with Gasteiger partial charge in [0.1, 0.15) is 18.1 Å². The Balaban J connectivity index is 1.57. The molecule has 2 aromatic heterocycles. The second kappa shape index (κ2) is 12.8. The fourth-order valence-electron chi connectivity index (χ4n) is 4.27. The number of morpholine rings is 1. The minimum Gasteiger partial charge on any atom is -0.462 e. The summed E-state index contributed by atoms with van der Waals surface area (Å²) < 4.78 is 17.7. The Labute approximate surface area is 208 Å². The Morgan fingerprint density at radius 2 is 1.80 bits per heavy atom. The van der Waals surface area contributed by atoms with E-state index in [9.17, 15) is 0 Å². The number of benzene rings is 1. The maximum absolute atomic E-state index is 6.14. The zero-order valence-corrected chi connectivity index (χ0v) is 21.2. The van der Waals surface area contributed by atoms with Gasteiger partial charge in [0, 0.05) is 31.6 Å². The number of aryl methyl sites for hydroxylation is 1. The first kappa shape index (κ1) is 25.3. The van der Waals surface area contributed by atoms with E-state index in [2.05, 4.69) is 33.6 Å². The Bertz CT molecular complexity index is 1080. The van der Waals surface area contributed by atoms with Crippen LogP contribution in [0, 0.1) is 6.92 Å². The molecule has 1 saturated heterocycles. The van der Waals surface area contributed by atoms with Gasteiger partial charge in [-0.15, -0.1) is 0 Å². The summed E-state index contributed by atoms with van der Waals surface area (Å²) in [5.74, 6) is 1.48. The highest BCUT2D eigenvalue weighted by molar-refractivity contribution is 5.79. The molecule has 0 unspecified atom stereocenters. The molecule has 35 heavy (non-hydrogen) atoms. The molecule has 3 aromatic rings. The molecule has 1 fully saturated rings. The SMILES string of the molecule is CCCN(CCC)CCOc1nc(CN2CCOCC2)c2cc(Oc3ccccc3C)cnc2n1. The summed E-state index contributed by atoms with van der Waals surface area (Å²) >= 11 is 0. The molecular formula is C27H37N5O3. The van der Waals surface area contributed by atoms with Crippen molar-refractivity contribution in [3.63, 3.8) is 0 Å². The Hall–Kier alpha value is -2.81. The van der Waals surface area contributed by atoms with E-state index in [0.717, 1.165) is 81.2 Å². The van der Waals surface area contributed by atoms with Gasteiger partial charge in [0.15, 0.2) is 5.65 Å². The van der Waals surface area contributed by atoms with Crippen LogP contribution in [0.15, 0.2) is 36.5 Å². The Morgan fingerprint density at radius 1 is 1.03 bits per heavy atom. The minimum atomic E-state index is 0.383. The van der Waals surface area contributed by atoms with Crippen LogP contribution in [-0.4, -0.2) is 77.3 Å². The molecule has 188 valence electrons. The predicted octanol–water partition coefficient (Wildman–Crippen LogP) is 4.46. The van der Waals surface area contributed by atoms with E-state index >= 15 is 0 Å². The average Bonchev–Trinajstić information content (AvgIpc) is 2.87. The molecule has 8 nitrogen and oxygen atoms in total. The van der Waals surface area contributed by atoms with Gasteiger partial charge < -0.3 is 14.2 Å². The van der Waals surface area contributed by atoms with Crippen molar-refractivity contribution < 1.29 is 14.2 Å². The molecule has 0 N–H and O–H groups in total. The van der Waals surface area contributed by atoms with Gasteiger partial charge in [0.25, 0.3) is 0 Å². The quantitative estimate of drug-likeness (QED) is 0.377. The summed E-state index contributed by atoms with van der Waals surface area (Å²) in [6.07, 6.45) is 3.98. The molecule has 4 rings (SSSR count). The third kappa shape index (κ3) is 7.10. The van der Waals surface area contributed by atoms with E-state index in [1.54, 1.807) is 6.20 Å². The molecule has 1 aliphatic rings. The van der Waals surface area contributed by atoms with E-state index in [1.165, 1.54) is 0 Å². The molecule has 1 aromatic carbocycles. The van der Waals surface area contributed by atoms with Crippen LogP contribution in [0.2, 0.25) is 0 Å². The van der Waals surface area contributed by atoms with Crippen LogP contribution in [0.4, 0.5) is 0 Å². The van der Waals surface area contributed by atoms with Crippen molar-refractivity contribution in [3.8, 4) is 17.5 Å². The number of pyridine rings is 1. The first-order valence-corrected chi connectivity index (χ1v) is 12.7. The van der Waals surface area contributed by atoms with Crippen molar-refractivity contribution in [3.05, 3.63) is 47.8 Å². The number of ether oxygens (including phenoxy) is 3. The highest BCUT2D eigenvalue weighted by atomic mass is 16.5. The lowest BCUT2D eigenvalue weighted by atomic mass is 10.2. The van der Waals surface area contributed by atoms with Crippen LogP contribution in [0.3, 0.4) is 0 Å². The second-order valence-electron chi connectivity index (χ2n) is 8.94. The van der Waals surface area contributed by atoms with Crippen LogP contribution in [0.5, 0.6) is 17.5 Å². The smallest absolute Gasteiger partial charge is 0.318 e. The van der Waals surface area contributed by atoms with Gasteiger partial charge in [-0.3, -0.25) is 9.80 Å². The predicted molar refractivity (Wildman–Crippen MR) is 137 cm³/mol. The molecule has 1 aliphatic heterocycles. The number of hydrogen-bond donors (Lipinski definition) is 0. The van der Waals surface area contributed by atoms with Crippen molar-refractivity contribution in [1.29, 1.82) is 0 Å². The molecule has 0 bridgehead atoms. The zero-order chi connectivity index (χ0) is 24.5. The van der Waals surface area contributed by atoms with Gasteiger partial charge in [-0.05, 0) is 50.6 Å². The van der Waals surface area contributed by atoms with Crippen LogP contribution in [0.1, 0.15) is 37.9 Å². The monoisotopic (exact) mass is 479 g/mol. The van der Waals surface area contributed by atoms with Crippen molar-refractivity contribution in [2.75, 3.05) is 52.5 Å². The fourth-order valence-corrected chi connectivity index (χ4v) is 4.27. The molecule has 0 atom stereocenters.